The number of hydrogen-bond donors (Lipinski definition) is 2. The monoisotopic (exact) mass is 293 g/mol. The van der Waals surface area contributed by atoms with Gasteiger partial charge in [0.15, 0.2) is 6.61 Å². The smallest absolute Gasteiger partial charge is 0.261 e. The van der Waals surface area contributed by atoms with Crippen LogP contribution >= 0.6 is 0 Å². The van der Waals surface area contributed by atoms with Crippen LogP contribution in [0.1, 0.15) is 5.56 Å². The zero-order chi connectivity index (χ0) is 15.2. The lowest BCUT2D eigenvalue weighted by Crippen LogP contribution is -2.55. The van der Waals surface area contributed by atoms with Crippen LogP contribution in [0.3, 0.4) is 0 Å². The minimum atomic E-state index is -0.727. The number of nitrogens with two attached hydrogens (primary N) is 2. The van der Waals surface area contributed by atoms with Crippen molar-refractivity contribution in [3.05, 3.63) is 29.8 Å². The van der Waals surface area contributed by atoms with Crippen molar-refractivity contribution in [3.63, 3.8) is 0 Å². The van der Waals surface area contributed by atoms with Gasteiger partial charge < -0.3 is 25.8 Å². The number of nitrogens with zero attached hydrogens (tertiary/aromatic N) is 1. The van der Waals surface area contributed by atoms with E-state index in [1.807, 2.05) is 12.1 Å². The number of carbonyl (C=O) groups is 2. The first kappa shape index (κ1) is 15.3. The lowest BCUT2D eigenvalue weighted by molar-refractivity contribution is -0.148. The molecule has 7 heteroatoms. The third kappa shape index (κ3) is 3.93. The number of amides is 2. The average molecular weight is 293 g/mol. The molecule has 2 amide bonds. The van der Waals surface area contributed by atoms with Crippen molar-refractivity contribution < 1.29 is 19.1 Å². The Bertz CT molecular complexity index is 503. The fourth-order valence-corrected chi connectivity index (χ4v) is 2.09. The number of benzene rings is 1. The fourth-order valence-electron chi connectivity index (χ4n) is 2.09. The molecule has 1 saturated heterocycles. The normalized spacial score (nSPS) is 18.3. The number of rotatable bonds is 5. The Kier molecular flexibility index (Phi) is 5.13. The van der Waals surface area contributed by atoms with Crippen LogP contribution in [-0.4, -0.2) is 49.1 Å². The summed E-state index contributed by atoms with van der Waals surface area (Å²) >= 11 is 0. The minimum absolute atomic E-state index is 0.131. The van der Waals surface area contributed by atoms with Crippen molar-refractivity contribution in [2.75, 3.05) is 26.4 Å². The van der Waals surface area contributed by atoms with Gasteiger partial charge in [-0.05, 0) is 17.7 Å². The number of primary amides is 1. The first-order valence-corrected chi connectivity index (χ1v) is 6.70. The third-order valence-electron chi connectivity index (χ3n) is 3.30. The highest BCUT2D eigenvalue weighted by molar-refractivity contribution is 5.87. The van der Waals surface area contributed by atoms with Crippen LogP contribution < -0.4 is 16.2 Å². The summed E-state index contributed by atoms with van der Waals surface area (Å²) in [7, 11) is 0. The lowest BCUT2D eigenvalue weighted by Gasteiger charge is -2.33. The quantitative estimate of drug-likeness (QED) is 0.741. The Morgan fingerprint density at radius 1 is 1.33 bits per heavy atom. The van der Waals surface area contributed by atoms with E-state index in [0.29, 0.717) is 25.4 Å². The van der Waals surface area contributed by atoms with Gasteiger partial charge in [-0.25, -0.2) is 0 Å². The van der Waals surface area contributed by atoms with E-state index in [1.165, 1.54) is 4.90 Å². The molecule has 1 atom stereocenters. The van der Waals surface area contributed by atoms with Gasteiger partial charge in [-0.15, -0.1) is 0 Å². The van der Waals surface area contributed by atoms with E-state index in [0.717, 1.165) is 5.56 Å². The maximum atomic E-state index is 12.1. The van der Waals surface area contributed by atoms with E-state index >= 15 is 0 Å². The van der Waals surface area contributed by atoms with Crippen LogP contribution in [-0.2, 0) is 20.9 Å². The van der Waals surface area contributed by atoms with Crippen molar-refractivity contribution in [1.82, 2.24) is 4.90 Å². The van der Waals surface area contributed by atoms with Crippen LogP contribution in [0.4, 0.5) is 0 Å². The van der Waals surface area contributed by atoms with E-state index in [-0.39, 0.29) is 19.1 Å². The van der Waals surface area contributed by atoms with Gasteiger partial charge >= 0.3 is 0 Å². The molecule has 1 aliphatic rings. The summed E-state index contributed by atoms with van der Waals surface area (Å²) in [6, 6.07) is 6.44. The van der Waals surface area contributed by atoms with Crippen LogP contribution in [0.15, 0.2) is 24.3 Å². The zero-order valence-corrected chi connectivity index (χ0v) is 11.7. The predicted molar refractivity (Wildman–Crippen MR) is 75.3 cm³/mol. The molecule has 1 fully saturated rings. The molecule has 0 saturated carbocycles. The van der Waals surface area contributed by atoms with Crippen molar-refractivity contribution in [3.8, 4) is 5.75 Å². The van der Waals surface area contributed by atoms with Gasteiger partial charge in [0.05, 0.1) is 13.2 Å². The Morgan fingerprint density at radius 2 is 2.05 bits per heavy atom. The van der Waals surface area contributed by atoms with Gasteiger partial charge in [-0.1, -0.05) is 12.1 Å². The Balaban J connectivity index is 1.91. The fraction of sp³-hybridized carbons (Fsp3) is 0.429. The summed E-state index contributed by atoms with van der Waals surface area (Å²) in [5.74, 6) is -0.287. The van der Waals surface area contributed by atoms with Crippen molar-refractivity contribution in [2.24, 2.45) is 11.5 Å². The first-order valence-electron chi connectivity index (χ1n) is 6.70. The van der Waals surface area contributed by atoms with Crippen LogP contribution in [0.5, 0.6) is 5.75 Å². The van der Waals surface area contributed by atoms with E-state index in [2.05, 4.69) is 0 Å². The van der Waals surface area contributed by atoms with E-state index in [4.69, 9.17) is 20.9 Å². The SMILES string of the molecule is NCc1ccc(OCC(=O)N2CCOCC2C(N)=O)cc1. The van der Waals surface area contributed by atoms with Crippen LogP contribution in [0.2, 0.25) is 0 Å². The molecule has 1 aromatic rings. The third-order valence-corrected chi connectivity index (χ3v) is 3.30. The Morgan fingerprint density at radius 3 is 2.67 bits per heavy atom. The summed E-state index contributed by atoms with van der Waals surface area (Å²) < 4.78 is 10.6. The first-order chi connectivity index (χ1) is 10.1. The number of carbonyl (C=O) groups excluding carboxylic acids is 2. The van der Waals surface area contributed by atoms with Crippen LogP contribution in [0.25, 0.3) is 0 Å². The van der Waals surface area contributed by atoms with Gasteiger partial charge in [0.1, 0.15) is 11.8 Å². The summed E-state index contributed by atoms with van der Waals surface area (Å²) in [4.78, 5) is 24.8. The van der Waals surface area contributed by atoms with Gasteiger partial charge in [0.25, 0.3) is 5.91 Å². The Hall–Kier alpha value is -2.12. The molecular formula is C14H19N3O4. The molecule has 0 aromatic heterocycles. The number of hydrogen-bond acceptors (Lipinski definition) is 5. The molecule has 1 aromatic carbocycles. The summed E-state index contributed by atoms with van der Waals surface area (Å²) in [6.45, 7) is 1.16. The van der Waals surface area contributed by atoms with Gasteiger partial charge in [0, 0.05) is 13.1 Å². The van der Waals surface area contributed by atoms with Crippen molar-refractivity contribution >= 4 is 11.8 Å². The summed E-state index contributed by atoms with van der Waals surface area (Å²) in [5.41, 5.74) is 11.8. The Labute approximate surface area is 122 Å². The molecule has 2 rings (SSSR count). The molecule has 114 valence electrons. The molecule has 7 nitrogen and oxygen atoms in total. The zero-order valence-electron chi connectivity index (χ0n) is 11.7. The highest BCUT2D eigenvalue weighted by Crippen LogP contribution is 2.13. The second kappa shape index (κ2) is 7.05. The van der Waals surface area contributed by atoms with Crippen LogP contribution in [0, 0.1) is 0 Å². The van der Waals surface area contributed by atoms with Gasteiger partial charge in [-0.3, -0.25) is 9.59 Å². The number of ether oxygens (including phenoxy) is 2. The maximum absolute atomic E-state index is 12.1. The molecule has 0 aliphatic carbocycles. The standard InChI is InChI=1S/C14H19N3O4/c15-7-10-1-3-11(4-2-10)21-9-13(18)17-5-6-20-8-12(17)14(16)19/h1-4,12H,5-9,15H2,(H2,16,19). The predicted octanol–water partition coefficient (Wildman–Crippen LogP) is -0.763. The van der Waals surface area contributed by atoms with E-state index in [1.54, 1.807) is 12.1 Å². The molecule has 0 spiro atoms. The highest BCUT2D eigenvalue weighted by Gasteiger charge is 2.31. The lowest BCUT2D eigenvalue weighted by atomic mass is 10.2. The van der Waals surface area contributed by atoms with Gasteiger partial charge in [0.2, 0.25) is 5.91 Å². The molecule has 4 N–H and O–H groups in total. The molecule has 0 bridgehead atoms. The summed E-state index contributed by atoms with van der Waals surface area (Å²) in [6.07, 6.45) is 0. The van der Waals surface area contributed by atoms with Gasteiger partial charge in [-0.2, -0.15) is 0 Å². The second-order valence-corrected chi connectivity index (χ2v) is 4.72. The molecule has 1 aliphatic heterocycles. The average Bonchev–Trinajstić information content (AvgIpc) is 2.53. The second-order valence-electron chi connectivity index (χ2n) is 4.72. The van der Waals surface area contributed by atoms with E-state index < -0.39 is 11.9 Å². The maximum Gasteiger partial charge on any atom is 0.261 e. The van der Waals surface area contributed by atoms with Crippen molar-refractivity contribution in [2.45, 2.75) is 12.6 Å². The largest absolute Gasteiger partial charge is 0.484 e. The van der Waals surface area contributed by atoms with E-state index in [9.17, 15) is 9.59 Å². The molecule has 21 heavy (non-hydrogen) atoms. The highest BCUT2D eigenvalue weighted by atomic mass is 16.5. The minimum Gasteiger partial charge on any atom is -0.484 e. The molecular weight excluding hydrogens is 274 g/mol. The molecule has 1 unspecified atom stereocenters. The summed E-state index contributed by atoms with van der Waals surface area (Å²) in [5, 5.41) is 0. The molecule has 1 heterocycles. The number of morpholine rings is 1. The topological polar surface area (TPSA) is 108 Å². The molecule has 0 radical (unpaired) electrons. The van der Waals surface area contributed by atoms with Crippen molar-refractivity contribution in [1.29, 1.82) is 0 Å².